The van der Waals surface area contributed by atoms with E-state index in [9.17, 15) is 4.79 Å². The number of piperidine rings is 1. The van der Waals surface area contributed by atoms with Crippen LogP contribution in [-0.4, -0.2) is 41.0 Å². The number of anilines is 1. The minimum absolute atomic E-state index is 0.136. The molecule has 0 saturated carbocycles. The van der Waals surface area contributed by atoms with Gasteiger partial charge in [0.1, 0.15) is 0 Å². The Morgan fingerprint density at radius 1 is 1.13 bits per heavy atom. The highest BCUT2D eigenvalue weighted by Crippen LogP contribution is 2.30. The van der Waals surface area contributed by atoms with Crippen LogP contribution in [0.25, 0.3) is 0 Å². The van der Waals surface area contributed by atoms with Gasteiger partial charge in [-0.1, -0.05) is 72.9 Å². The van der Waals surface area contributed by atoms with Gasteiger partial charge in [0, 0.05) is 31.7 Å². The Morgan fingerprint density at radius 3 is 2.50 bits per heavy atom. The molecule has 2 aromatic rings. The van der Waals surface area contributed by atoms with Crippen LogP contribution >= 0.6 is 23.2 Å². The average molecular weight is 448 g/mol. The molecule has 162 valence electrons. The summed E-state index contributed by atoms with van der Waals surface area (Å²) in [6.07, 6.45) is 4.35. The van der Waals surface area contributed by atoms with Crippen LogP contribution in [-0.2, 0) is 6.54 Å². The van der Waals surface area contributed by atoms with Crippen LogP contribution in [0.4, 0.5) is 10.5 Å². The number of amides is 2. The number of nitrogens with one attached hydrogen (secondary N) is 1. The van der Waals surface area contributed by atoms with Crippen molar-refractivity contribution < 1.29 is 4.79 Å². The Labute approximate surface area is 190 Å². The fraction of sp³-hybridized carbons (Fsp3) is 0.458. The molecular weight excluding hydrogens is 417 g/mol. The van der Waals surface area contributed by atoms with E-state index in [0.717, 1.165) is 31.5 Å². The number of urea groups is 1. The summed E-state index contributed by atoms with van der Waals surface area (Å²) in [5.41, 5.74) is 1.66. The number of rotatable bonds is 7. The standard InChI is InChI=1S/C24H31Cl2N3O/c1-3-8-18(2)28-15-13-20(14-16-28)29(17-19-9-5-4-6-10-19)24(30)27-22-12-7-11-21(25)23(22)26/h4-7,9-12,18,20H,3,8,13-17H2,1-2H3,(H,27,30). The van der Waals surface area contributed by atoms with Crippen molar-refractivity contribution in [3.63, 3.8) is 0 Å². The molecule has 2 amide bonds. The van der Waals surface area contributed by atoms with Crippen molar-refractivity contribution in [1.82, 2.24) is 9.80 Å². The van der Waals surface area contributed by atoms with E-state index in [0.29, 0.717) is 28.3 Å². The summed E-state index contributed by atoms with van der Waals surface area (Å²) in [5, 5.41) is 3.78. The van der Waals surface area contributed by atoms with E-state index in [2.05, 4.69) is 36.2 Å². The third-order valence-corrected chi connectivity index (χ3v) is 6.74. The molecule has 0 aliphatic carbocycles. The number of nitrogens with zero attached hydrogens (tertiary/aromatic N) is 2. The predicted octanol–water partition coefficient (Wildman–Crippen LogP) is 6.68. The Hall–Kier alpha value is -1.75. The summed E-state index contributed by atoms with van der Waals surface area (Å²) in [6, 6.07) is 16.1. The van der Waals surface area contributed by atoms with Crippen molar-refractivity contribution in [3.8, 4) is 0 Å². The van der Waals surface area contributed by atoms with E-state index in [-0.39, 0.29) is 12.1 Å². The second kappa shape index (κ2) is 11.0. The average Bonchev–Trinajstić information content (AvgIpc) is 2.76. The van der Waals surface area contributed by atoms with Crippen LogP contribution in [0, 0.1) is 0 Å². The molecule has 1 heterocycles. The van der Waals surface area contributed by atoms with E-state index < -0.39 is 0 Å². The van der Waals surface area contributed by atoms with Crippen LogP contribution in [0.5, 0.6) is 0 Å². The van der Waals surface area contributed by atoms with E-state index in [4.69, 9.17) is 23.2 Å². The maximum absolute atomic E-state index is 13.3. The van der Waals surface area contributed by atoms with Gasteiger partial charge in [0.05, 0.1) is 15.7 Å². The zero-order valence-corrected chi connectivity index (χ0v) is 19.3. The van der Waals surface area contributed by atoms with Crippen LogP contribution in [0.2, 0.25) is 10.0 Å². The second-order valence-electron chi connectivity index (χ2n) is 8.05. The molecule has 0 radical (unpaired) electrons. The zero-order valence-electron chi connectivity index (χ0n) is 17.8. The summed E-state index contributed by atoms with van der Waals surface area (Å²) in [7, 11) is 0. The molecular formula is C24H31Cl2N3O. The first kappa shape index (κ1) is 22.9. The highest BCUT2D eigenvalue weighted by molar-refractivity contribution is 6.43. The van der Waals surface area contributed by atoms with E-state index in [1.54, 1.807) is 18.2 Å². The van der Waals surface area contributed by atoms with Crippen LogP contribution in [0.1, 0.15) is 45.1 Å². The smallest absolute Gasteiger partial charge is 0.317 e. The van der Waals surface area contributed by atoms with Gasteiger partial charge in [0.15, 0.2) is 0 Å². The highest BCUT2D eigenvalue weighted by atomic mass is 35.5. The number of halogens is 2. The number of benzene rings is 2. The Bertz CT molecular complexity index is 822. The number of hydrogen-bond acceptors (Lipinski definition) is 2. The third kappa shape index (κ3) is 5.90. The first-order valence-corrected chi connectivity index (χ1v) is 11.5. The number of carbonyl (C=O) groups excluding carboxylic acids is 1. The third-order valence-electron chi connectivity index (χ3n) is 5.92. The Morgan fingerprint density at radius 2 is 1.83 bits per heavy atom. The summed E-state index contributed by atoms with van der Waals surface area (Å²) in [5.74, 6) is 0. The molecule has 3 rings (SSSR count). The summed E-state index contributed by atoms with van der Waals surface area (Å²) < 4.78 is 0. The number of likely N-dealkylation sites (tertiary alicyclic amines) is 1. The summed E-state index contributed by atoms with van der Waals surface area (Å²) >= 11 is 12.4. The minimum Gasteiger partial charge on any atom is -0.317 e. The van der Waals surface area contributed by atoms with Crippen LogP contribution in [0.15, 0.2) is 48.5 Å². The molecule has 0 bridgehead atoms. The van der Waals surface area contributed by atoms with E-state index in [1.165, 1.54) is 12.8 Å². The van der Waals surface area contributed by atoms with Crippen molar-refractivity contribution in [2.24, 2.45) is 0 Å². The van der Waals surface area contributed by atoms with Crippen LogP contribution < -0.4 is 5.32 Å². The maximum Gasteiger partial charge on any atom is 0.322 e. The highest BCUT2D eigenvalue weighted by Gasteiger charge is 2.30. The van der Waals surface area contributed by atoms with Gasteiger partial charge < -0.3 is 15.1 Å². The van der Waals surface area contributed by atoms with Gasteiger partial charge >= 0.3 is 6.03 Å². The minimum atomic E-state index is -0.136. The first-order valence-electron chi connectivity index (χ1n) is 10.8. The van der Waals surface area contributed by atoms with Gasteiger partial charge in [0.25, 0.3) is 0 Å². The van der Waals surface area contributed by atoms with Crippen molar-refractivity contribution in [3.05, 3.63) is 64.1 Å². The van der Waals surface area contributed by atoms with Gasteiger partial charge in [-0.05, 0) is 43.9 Å². The molecule has 1 unspecified atom stereocenters. The molecule has 1 fully saturated rings. The first-order chi connectivity index (χ1) is 14.5. The Kier molecular flexibility index (Phi) is 8.43. The van der Waals surface area contributed by atoms with Gasteiger partial charge in [-0.2, -0.15) is 0 Å². The largest absolute Gasteiger partial charge is 0.322 e. The van der Waals surface area contributed by atoms with Gasteiger partial charge in [-0.3, -0.25) is 0 Å². The molecule has 1 N–H and O–H groups in total. The number of carbonyl (C=O) groups is 1. The number of hydrogen-bond donors (Lipinski definition) is 1. The fourth-order valence-corrected chi connectivity index (χ4v) is 4.52. The normalized spacial score (nSPS) is 16.3. The van der Waals surface area contributed by atoms with Crippen LogP contribution in [0.3, 0.4) is 0 Å². The molecule has 6 heteroatoms. The summed E-state index contributed by atoms with van der Waals surface area (Å²) in [4.78, 5) is 17.8. The quantitative estimate of drug-likeness (QED) is 0.513. The lowest BCUT2D eigenvalue weighted by Crippen LogP contribution is -2.50. The Balaban J connectivity index is 1.74. The SMILES string of the molecule is CCCC(C)N1CCC(N(Cc2ccccc2)C(=O)Nc2cccc(Cl)c2Cl)CC1. The molecule has 0 spiro atoms. The monoisotopic (exact) mass is 447 g/mol. The second-order valence-corrected chi connectivity index (χ2v) is 8.84. The molecule has 1 aliphatic rings. The lowest BCUT2D eigenvalue weighted by atomic mass is 10.00. The van der Waals surface area contributed by atoms with Gasteiger partial charge in [-0.25, -0.2) is 4.79 Å². The van der Waals surface area contributed by atoms with Crippen molar-refractivity contribution in [2.75, 3.05) is 18.4 Å². The van der Waals surface area contributed by atoms with Crippen molar-refractivity contribution >= 4 is 34.9 Å². The molecule has 30 heavy (non-hydrogen) atoms. The molecule has 1 saturated heterocycles. The lowest BCUT2D eigenvalue weighted by Gasteiger charge is -2.40. The molecule has 0 aromatic heterocycles. The fourth-order valence-electron chi connectivity index (χ4n) is 4.17. The lowest BCUT2D eigenvalue weighted by molar-refractivity contribution is 0.0989. The topological polar surface area (TPSA) is 35.6 Å². The molecule has 2 aromatic carbocycles. The van der Waals surface area contributed by atoms with E-state index >= 15 is 0 Å². The molecule has 1 atom stereocenters. The summed E-state index contributed by atoms with van der Waals surface area (Å²) in [6.45, 7) is 7.14. The van der Waals surface area contributed by atoms with Gasteiger partial charge in [0.2, 0.25) is 0 Å². The maximum atomic E-state index is 13.3. The predicted molar refractivity (Wildman–Crippen MR) is 126 cm³/mol. The van der Waals surface area contributed by atoms with E-state index in [1.807, 2.05) is 23.1 Å². The zero-order chi connectivity index (χ0) is 21.5. The molecule has 1 aliphatic heterocycles. The van der Waals surface area contributed by atoms with Gasteiger partial charge in [-0.15, -0.1) is 0 Å². The van der Waals surface area contributed by atoms with Crippen molar-refractivity contribution in [2.45, 2.75) is 58.2 Å². The molecule has 4 nitrogen and oxygen atoms in total. The van der Waals surface area contributed by atoms with Crippen molar-refractivity contribution in [1.29, 1.82) is 0 Å².